The molecule has 0 bridgehead atoms. The number of pyridine rings is 1. The summed E-state index contributed by atoms with van der Waals surface area (Å²) in [6, 6.07) is 0. The summed E-state index contributed by atoms with van der Waals surface area (Å²) in [5.41, 5.74) is 3.25. The zero-order chi connectivity index (χ0) is 19.4. The number of esters is 1. The Hall–Kier alpha value is -2.42. The number of nitrogens with zero attached hydrogens (tertiary/aromatic N) is 4. The maximum atomic E-state index is 13.3. The second kappa shape index (κ2) is 8.11. The normalized spacial score (nSPS) is 11.6. The van der Waals surface area contributed by atoms with Crippen molar-refractivity contribution < 1.29 is 31.5 Å². The molecule has 0 amide bonds. The number of halogens is 5. The van der Waals surface area contributed by atoms with Crippen molar-refractivity contribution in [2.45, 2.75) is 39.8 Å². The highest BCUT2D eigenvalue weighted by Crippen LogP contribution is 2.41. The zero-order valence-electron chi connectivity index (χ0n) is 13.6. The Morgan fingerprint density at radius 3 is 2.36 bits per heavy atom. The lowest BCUT2D eigenvalue weighted by Gasteiger charge is -2.20. The summed E-state index contributed by atoms with van der Waals surface area (Å²) >= 11 is 0. The summed E-state index contributed by atoms with van der Waals surface area (Å²) < 4.78 is 70.9. The number of hydrogen-bond acceptors (Lipinski definition) is 4. The summed E-state index contributed by atoms with van der Waals surface area (Å²) in [5.74, 6) is -1.69. The maximum absolute atomic E-state index is 13.3. The van der Waals surface area contributed by atoms with Crippen LogP contribution in [0.3, 0.4) is 0 Å². The molecule has 1 aromatic heterocycles. The van der Waals surface area contributed by atoms with Gasteiger partial charge in [-0.05, 0) is 30.4 Å². The van der Waals surface area contributed by atoms with Crippen LogP contribution in [-0.4, -0.2) is 17.6 Å². The molecule has 1 aromatic rings. The lowest BCUT2D eigenvalue weighted by atomic mass is 9.94. The van der Waals surface area contributed by atoms with E-state index < -0.39 is 46.8 Å². The van der Waals surface area contributed by atoms with E-state index >= 15 is 0 Å². The van der Waals surface area contributed by atoms with E-state index in [1.807, 2.05) is 0 Å². The molecule has 0 unspecified atom stereocenters. The number of ether oxygens (including phenoxy) is 1. The van der Waals surface area contributed by atoms with Crippen LogP contribution < -0.4 is 0 Å². The van der Waals surface area contributed by atoms with Crippen LogP contribution in [-0.2, 0) is 17.3 Å². The van der Waals surface area contributed by atoms with Crippen molar-refractivity contribution in [1.29, 1.82) is 0 Å². The molecule has 0 aliphatic rings. The third-order valence-corrected chi connectivity index (χ3v) is 3.01. The van der Waals surface area contributed by atoms with Gasteiger partial charge in [0, 0.05) is 4.91 Å². The van der Waals surface area contributed by atoms with E-state index in [4.69, 9.17) is 5.53 Å². The van der Waals surface area contributed by atoms with Crippen molar-refractivity contribution in [3.05, 3.63) is 33.0 Å². The second-order valence-corrected chi connectivity index (χ2v) is 5.35. The van der Waals surface area contributed by atoms with E-state index in [0.29, 0.717) is 0 Å². The molecule has 11 heteroatoms. The van der Waals surface area contributed by atoms with E-state index in [0.717, 1.165) is 0 Å². The molecule has 0 atom stereocenters. The molecule has 1 rings (SSSR count). The average molecular weight is 366 g/mol. The first kappa shape index (κ1) is 20.6. The van der Waals surface area contributed by atoms with Crippen molar-refractivity contribution in [3.63, 3.8) is 0 Å². The molecular formula is C14H15F5N4O2. The van der Waals surface area contributed by atoms with E-state index in [1.165, 1.54) is 6.92 Å². The van der Waals surface area contributed by atoms with Crippen LogP contribution >= 0.6 is 0 Å². The molecule has 0 N–H and O–H groups in total. The molecule has 0 fully saturated rings. The summed E-state index contributed by atoms with van der Waals surface area (Å²) in [4.78, 5) is 17.3. The molecule has 0 radical (unpaired) electrons. The first-order valence-corrected chi connectivity index (χ1v) is 7.18. The van der Waals surface area contributed by atoms with Crippen molar-refractivity contribution in [2.24, 2.45) is 11.0 Å². The van der Waals surface area contributed by atoms with Crippen molar-refractivity contribution in [1.82, 2.24) is 4.98 Å². The molecular weight excluding hydrogens is 351 g/mol. The summed E-state index contributed by atoms with van der Waals surface area (Å²) in [6.07, 6.45) is -8.82. The topological polar surface area (TPSA) is 88.0 Å². The molecule has 6 nitrogen and oxygen atoms in total. The van der Waals surface area contributed by atoms with Gasteiger partial charge in [-0.3, -0.25) is 0 Å². The van der Waals surface area contributed by atoms with Gasteiger partial charge in [0.15, 0.2) is 5.69 Å². The molecule has 0 saturated heterocycles. The van der Waals surface area contributed by atoms with Gasteiger partial charge >= 0.3 is 12.1 Å². The van der Waals surface area contributed by atoms with Crippen LogP contribution in [0.2, 0.25) is 0 Å². The molecule has 138 valence electrons. The third kappa shape index (κ3) is 4.79. The lowest BCUT2D eigenvalue weighted by Crippen LogP contribution is -2.22. The highest BCUT2D eigenvalue weighted by Gasteiger charge is 2.41. The average Bonchev–Trinajstić information content (AvgIpc) is 2.46. The number of carbonyl (C=O) groups is 1. The van der Waals surface area contributed by atoms with E-state index in [1.54, 1.807) is 13.8 Å². The highest BCUT2D eigenvalue weighted by molar-refractivity contribution is 5.94. The maximum Gasteiger partial charge on any atom is 0.434 e. The van der Waals surface area contributed by atoms with Crippen molar-refractivity contribution in [3.8, 4) is 0 Å². The van der Waals surface area contributed by atoms with Gasteiger partial charge in [-0.25, -0.2) is 18.6 Å². The van der Waals surface area contributed by atoms with Crippen LogP contribution in [0.4, 0.5) is 27.6 Å². The minimum absolute atomic E-state index is 0.214. The van der Waals surface area contributed by atoms with Crippen LogP contribution in [0.15, 0.2) is 5.11 Å². The Labute approximate surface area is 139 Å². The number of aromatic nitrogens is 1. The smallest absolute Gasteiger partial charge is 0.434 e. The number of rotatable bonds is 6. The minimum atomic E-state index is -5.17. The molecule has 0 saturated carbocycles. The molecule has 25 heavy (non-hydrogen) atoms. The first-order valence-electron chi connectivity index (χ1n) is 7.18. The fourth-order valence-corrected chi connectivity index (χ4v) is 2.19. The van der Waals surface area contributed by atoms with E-state index in [-0.39, 0.29) is 18.9 Å². The second-order valence-electron chi connectivity index (χ2n) is 5.35. The van der Waals surface area contributed by atoms with Gasteiger partial charge in [-0.2, -0.15) is 13.2 Å². The van der Waals surface area contributed by atoms with Gasteiger partial charge < -0.3 is 4.74 Å². The first-order chi connectivity index (χ1) is 11.5. The predicted molar refractivity (Wildman–Crippen MR) is 77.5 cm³/mol. The standard InChI is InChI=1S/C14H15F5N4O2/c1-4-25-13(24)8-7(5-6(2)3)9(22-23-20)10(12(15)16)21-11(8)14(17,18)19/h6,12H,4-5H2,1-3H3. The molecule has 0 aliphatic carbocycles. The Bertz CT molecular complexity index is 697. The van der Waals surface area contributed by atoms with Gasteiger partial charge in [0.1, 0.15) is 5.69 Å². The van der Waals surface area contributed by atoms with Crippen LogP contribution in [0.25, 0.3) is 10.4 Å². The summed E-state index contributed by atoms with van der Waals surface area (Å²) in [5, 5.41) is 3.07. The van der Waals surface area contributed by atoms with Crippen molar-refractivity contribution >= 4 is 11.7 Å². The van der Waals surface area contributed by atoms with Gasteiger partial charge in [-0.1, -0.05) is 19.0 Å². The molecule has 1 heterocycles. The highest BCUT2D eigenvalue weighted by atomic mass is 19.4. The number of azide groups is 1. The Kier molecular flexibility index (Phi) is 6.69. The van der Waals surface area contributed by atoms with E-state index in [9.17, 15) is 26.7 Å². The Morgan fingerprint density at radius 1 is 1.36 bits per heavy atom. The fraction of sp³-hybridized carbons (Fsp3) is 0.571. The Balaban J connectivity index is 3.99. The summed E-state index contributed by atoms with van der Waals surface area (Å²) in [6.45, 7) is 4.35. The SMILES string of the molecule is CCOC(=O)c1c(C(F)(F)F)nc(C(F)F)c(N=[N+]=[N-])c1CC(C)C. The van der Waals surface area contributed by atoms with Gasteiger partial charge in [-0.15, -0.1) is 0 Å². The van der Waals surface area contributed by atoms with Gasteiger partial charge in [0.05, 0.1) is 17.9 Å². The number of hydrogen-bond donors (Lipinski definition) is 0. The van der Waals surface area contributed by atoms with Gasteiger partial charge in [0.2, 0.25) is 0 Å². The largest absolute Gasteiger partial charge is 0.462 e. The summed E-state index contributed by atoms with van der Waals surface area (Å²) in [7, 11) is 0. The quantitative estimate of drug-likeness (QED) is 0.223. The van der Waals surface area contributed by atoms with Gasteiger partial charge in [0.25, 0.3) is 6.43 Å². The molecule has 0 spiro atoms. The molecule has 0 aliphatic heterocycles. The van der Waals surface area contributed by atoms with Crippen molar-refractivity contribution in [2.75, 3.05) is 6.61 Å². The van der Waals surface area contributed by atoms with Crippen LogP contribution in [0.5, 0.6) is 0 Å². The lowest BCUT2D eigenvalue weighted by molar-refractivity contribution is -0.142. The molecule has 0 aromatic carbocycles. The predicted octanol–water partition coefficient (Wildman–Crippen LogP) is 5.36. The third-order valence-electron chi connectivity index (χ3n) is 3.01. The number of carbonyl (C=O) groups excluding carboxylic acids is 1. The Morgan fingerprint density at radius 2 is 1.96 bits per heavy atom. The monoisotopic (exact) mass is 366 g/mol. The zero-order valence-corrected chi connectivity index (χ0v) is 13.6. The van der Waals surface area contributed by atoms with Crippen LogP contribution in [0.1, 0.15) is 54.5 Å². The fourth-order valence-electron chi connectivity index (χ4n) is 2.19. The van der Waals surface area contributed by atoms with Crippen LogP contribution in [0, 0.1) is 5.92 Å². The number of alkyl halides is 5. The van der Waals surface area contributed by atoms with E-state index in [2.05, 4.69) is 19.7 Å². The minimum Gasteiger partial charge on any atom is -0.462 e.